The number of hydrogen-bond donors (Lipinski definition) is 1. The molecular formula is C17H22BrN3O. The van der Waals surface area contributed by atoms with E-state index in [1.165, 1.54) is 5.56 Å². The van der Waals surface area contributed by atoms with Crippen LogP contribution in [0.4, 0.5) is 0 Å². The van der Waals surface area contributed by atoms with E-state index in [1.807, 2.05) is 11.6 Å². The molecule has 22 heavy (non-hydrogen) atoms. The van der Waals surface area contributed by atoms with Crippen molar-refractivity contribution in [3.8, 4) is 0 Å². The minimum Gasteiger partial charge on any atom is -0.349 e. The van der Waals surface area contributed by atoms with E-state index >= 15 is 0 Å². The first kappa shape index (κ1) is 16.7. The zero-order chi connectivity index (χ0) is 16.1. The van der Waals surface area contributed by atoms with Crippen molar-refractivity contribution < 1.29 is 4.79 Å². The van der Waals surface area contributed by atoms with E-state index in [-0.39, 0.29) is 11.9 Å². The number of nitrogens with one attached hydrogen (secondary N) is 1. The van der Waals surface area contributed by atoms with Crippen molar-refractivity contribution in [1.29, 1.82) is 0 Å². The van der Waals surface area contributed by atoms with Crippen LogP contribution in [0.2, 0.25) is 0 Å². The van der Waals surface area contributed by atoms with Gasteiger partial charge in [0, 0.05) is 18.7 Å². The van der Waals surface area contributed by atoms with Gasteiger partial charge in [-0.05, 0) is 41.8 Å². The maximum absolute atomic E-state index is 12.2. The van der Waals surface area contributed by atoms with E-state index < -0.39 is 0 Å². The number of benzene rings is 1. The van der Waals surface area contributed by atoms with Crippen molar-refractivity contribution in [3.05, 3.63) is 51.8 Å². The highest BCUT2D eigenvalue weighted by molar-refractivity contribution is 9.10. The lowest BCUT2D eigenvalue weighted by molar-refractivity contribution is -0.122. The van der Waals surface area contributed by atoms with Gasteiger partial charge in [-0.3, -0.25) is 9.48 Å². The van der Waals surface area contributed by atoms with Crippen LogP contribution in [0, 0.1) is 13.8 Å². The summed E-state index contributed by atoms with van der Waals surface area (Å²) in [6, 6.07) is 8.39. The second kappa shape index (κ2) is 7.58. The van der Waals surface area contributed by atoms with Crippen molar-refractivity contribution in [2.75, 3.05) is 0 Å². The van der Waals surface area contributed by atoms with Crippen molar-refractivity contribution in [2.45, 2.75) is 46.2 Å². The predicted molar refractivity (Wildman–Crippen MR) is 91.6 cm³/mol. The summed E-state index contributed by atoms with van der Waals surface area (Å²) in [6.07, 6.45) is 3.06. The number of nitrogens with zero attached hydrogens (tertiary/aromatic N) is 2. The van der Waals surface area contributed by atoms with E-state index in [0.717, 1.165) is 22.2 Å². The van der Waals surface area contributed by atoms with Gasteiger partial charge in [-0.25, -0.2) is 0 Å². The molecule has 2 aromatic rings. The van der Waals surface area contributed by atoms with Crippen LogP contribution in [0.5, 0.6) is 0 Å². The standard InChI is InChI=1S/C17H22BrN3O/c1-4-16(14-7-5-12(2)6-8-14)20-17(22)9-10-21-13(3)15(18)11-19-21/h5-8,11,16H,4,9-10H2,1-3H3,(H,20,22). The lowest BCUT2D eigenvalue weighted by Crippen LogP contribution is -2.29. The smallest absolute Gasteiger partial charge is 0.222 e. The SMILES string of the molecule is CCC(NC(=O)CCn1ncc(Br)c1C)c1ccc(C)cc1. The number of hydrogen-bond acceptors (Lipinski definition) is 2. The van der Waals surface area contributed by atoms with Gasteiger partial charge in [-0.1, -0.05) is 36.8 Å². The van der Waals surface area contributed by atoms with Gasteiger partial charge in [-0.2, -0.15) is 5.10 Å². The van der Waals surface area contributed by atoms with Crippen molar-refractivity contribution >= 4 is 21.8 Å². The summed E-state index contributed by atoms with van der Waals surface area (Å²) in [6.45, 7) is 6.72. The van der Waals surface area contributed by atoms with Crippen molar-refractivity contribution in [1.82, 2.24) is 15.1 Å². The van der Waals surface area contributed by atoms with Gasteiger partial charge in [0.1, 0.15) is 0 Å². The van der Waals surface area contributed by atoms with E-state index in [9.17, 15) is 4.79 Å². The van der Waals surface area contributed by atoms with Crippen LogP contribution in [-0.4, -0.2) is 15.7 Å². The molecule has 5 heteroatoms. The zero-order valence-corrected chi connectivity index (χ0v) is 14.9. The Hall–Kier alpha value is -1.62. The Labute approximate surface area is 140 Å². The number of amides is 1. The number of carbonyl (C=O) groups is 1. The predicted octanol–water partition coefficient (Wildman–Crippen LogP) is 3.92. The number of aryl methyl sites for hydroxylation is 2. The molecule has 0 spiro atoms. The summed E-state index contributed by atoms with van der Waals surface area (Å²) in [5.41, 5.74) is 3.42. The Morgan fingerprint density at radius 3 is 2.55 bits per heavy atom. The molecule has 1 aromatic heterocycles. The third-order valence-electron chi connectivity index (χ3n) is 3.82. The highest BCUT2D eigenvalue weighted by Crippen LogP contribution is 2.18. The normalized spacial score (nSPS) is 12.2. The number of halogens is 1. The van der Waals surface area contributed by atoms with E-state index in [4.69, 9.17) is 0 Å². The first-order valence-electron chi connectivity index (χ1n) is 7.55. The minimum absolute atomic E-state index is 0.0541. The lowest BCUT2D eigenvalue weighted by atomic mass is 10.0. The van der Waals surface area contributed by atoms with Crippen LogP contribution >= 0.6 is 15.9 Å². The van der Waals surface area contributed by atoms with Gasteiger partial charge in [0.2, 0.25) is 5.91 Å². The summed E-state index contributed by atoms with van der Waals surface area (Å²) in [5, 5.41) is 7.35. The van der Waals surface area contributed by atoms with Gasteiger partial charge in [0.25, 0.3) is 0 Å². The molecule has 0 fully saturated rings. The Kier molecular flexibility index (Phi) is 5.77. The third kappa shape index (κ3) is 4.19. The quantitative estimate of drug-likeness (QED) is 0.845. The van der Waals surface area contributed by atoms with Gasteiger partial charge in [0.05, 0.1) is 16.7 Å². The van der Waals surface area contributed by atoms with Gasteiger partial charge in [0.15, 0.2) is 0 Å². The number of rotatable bonds is 6. The van der Waals surface area contributed by atoms with Crippen LogP contribution in [0.3, 0.4) is 0 Å². The molecule has 1 atom stereocenters. The molecule has 0 saturated heterocycles. The van der Waals surface area contributed by atoms with Crippen LogP contribution in [0.25, 0.3) is 0 Å². The Balaban J connectivity index is 1.92. The highest BCUT2D eigenvalue weighted by atomic mass is 79.9. The van der Waals surface area contributed by atoms with Crippen molar-refractivity contribution in [2.24, 2.45) is 0 Å². The topological polar surface area (TPSA) is 46.9 Å². The van der Waals surface area contributed by atoms with Crippen LogP contribution in [0.15, 0.2) is 34.9 Å². The Bertz CT molecular complexity index is 634. The van der Waals surface area contributed by atoms with Crippen molar-refractivity contribution in [3.63, 3.8) is 0 Å². The second-order valence-corrected chi connectivity index (χ2v) is 6.34. The van der Waals surface area contributed by atoms with Gasteiger partial charge >= 0.3 is 0 Å². The maximum Gasteiger partial charge on any atom is 0.222 e. The molecule has 1 unspecified atom stereocenters. The molecule has 4 nitrogen and oxygen atoms in total. The molecule has 2 rings (SSSR count). The highest BCUT2D eigenvalue weighted by Gasteiger charge is 2.13. The van der Waals surface area contributed by atoms with Gasteiger partial charge < -0.3 is 5.32 Å². The molecule has 1 heterocycles. The molecule has 118 valence electrons. The first-order valence-corrected chi connectivity index (χ1v) is 8.34. The van der Waals surface area contributed by atoms with Crippen LogP contribution < -0.4 is 5.32 Å². The van der Waals surface area contributed by atoms with Crippen LogP contribution in [0.1, 0.15) is 42.6 Å². The molecule has 0 aliphatic rings. The van der Waals surface area contributed by atoms with E-state index in [0.29, 0.717) is 13.0 Å². The largest absolute Gasteiger partial charge is 0.349 e. The third-order valence-corrected chi connectivity index (χ3v) is 4.60. The summed E-state index contributed by atoms with van der Waals surface area (Å²) in [4.78, 5) is 12.2. The molecule has 0 saturated carbocycles. The Morgan fingerprint density at radius 1 is 1.32 bits per heavy atom. The van der Waals surface area contributed by atoms with Crippen LogP contribution in [-0.2, 0) is 11.3 Å². The van der Waals surface area contributed by atoms with E-state index in [1.54, 1.807) is 6.20 Å². The summed E-state index contributed by atoms with van der Waals surface area (Å²) < 4.78 is 2.82. The second-order valence-electron chi connectivity index (χ2n) is 5.49. The molecule has 0 radical (unpaired) electrons. The molecule has 0 bridgehead atoms. The maximum atomic E-state index is 12.2. The summed E-state index contributed by atoms with van der Waals surface area (Å²) >= 11 is 3.43. The first-order chi connectivity index (χ1) is 10.5. The molecule has 0 aliphatic carbocycles. The summed E-state index contributed by atoms with van der Waals surface area (Å²) in [7, 11) is 0. The average Bonchev–Trinajstić information content (AvgIpc) is 2.83. The molecule has 1 aromatic carbocycles. The summed E-state index contributed by atoms with van der Waals surface area (Å²) in [5.74, 6) is 0.0541. The van der Waals surface area contributed by atoms with E-state index in [2.05, 4.69) is 64.5 Å². The molecule has 1 N–H and O–H groups in total. The Morgan fingerprint density at radius 2 is 2.00 bits per heavy atom. The molecule has 1 amide bonds. The number of carbonyl (C=O) groups excluding carboxylic acids is 1. The molecular weight excluding hydrogens is 342 g/mol. The monoisotopic (exact) mass is 363 g/mol. The fourth-order valence-electron chi connectivity index (χ4n) is 2.34. The zero-order valence-electron chi connectivity index (χ0n) is 13.3. The number of aromatic nitrogens is 2. The fourth-order valence-corrected chi connectivity index (χ4v) is 2.64. The lowest BCUT2D eigenvalue weighted by Gasteiger charge is -2.18. The minimum atomic E-state index is 0.0541. The fraction of sp³-hybridized carbons (Fsp3) is 0.412. The molecule has 0 aliphatic heterocycles. The van der Waals surface area contributed by atoms with Gasteiger partial charge in [-0.15, -0.1) is 0 Å². The average molecular weight is 364 g/mol.